The van der Waals surface area contributed by atoms with Gasteiger partial charge in [-0.25, -0.2) is 0 Å². The van der Waals surface area contributed by atoms with Crippen LogP contribution in [0, 0.1) is 0 Å². The molecule has 2 atom stereocenters. The molecule has 0 spiro atoms. The van der Waals surface area contributed by atoms with Crippen LogP contribution >= 0.6 is 0 Å². The number of methoxy groups -OCH3 is 1. The maximum absolute atomic E-state index is 5.18. The molecule has 0 amide bonds. The topological polar surface area (TPSA) is 24.5 Å². The van der Waals surface area contributed by atoms with Crippen LogP contribution < -0.4 is 10.1 Å². The quantitative estimate of drug-likeness (QED) is 0.858. The molecule has 2 unspecified atom stereocenters. The van der Waals surface area contributed by atoms with Gasteiger partial charge in [0, 0.05) is 25.2 Å². The molecule has 94 valence electrons. The summed E-state index contributed by atoms with van der Waals surface area (Å²) >= 11 is 0. The van der Waals surface area contributed by atoms with Gasteiger partial charge in [0.1, 0.15) is 5.75 Å². The number of nitrogens with zero attached hydrogens (tertiary/aromatic N) is 1. The molecule has 1 aromatic rings. The summed E-state index contributed by atoms with van der Waals surface area (Å²) < 4.78 is 5.18. The number of piperazine rings is 1. The Bertz CT molecular complexity index is 340. The van der Waals surface area contributed by atoms with Gasteiger partial charge in [-0.1, -0.05) is 12.1 Å². The van der Waals surface area contributed by atoms with Crippen molar-refractivity contribution >= 4 is 0 Å². The Hall–Kier alpha value is -1.06. The molecule has 0 saturated carbocycles. The van der Waals surface area contributed by atoms with Crippen molar-refractivity contribution in [2.24, 2.45) is 0 Å². The first-order valence-corrected chi connectivity index (χ1v) is 6.27. The van der Waals surface area contributed by atoms with Gasteiger partial charge in [0.05, 0.1) is 7.11 Å². The average Bonchev–Trinajstić information content (AvgIpc) is 2.35. The Morgan fingerprint density at radius 1 is 1.35 bits per heavy atom. The van der Waals surface area contributed by atoms with Crippen molar-refractivity contribution < 1.29 is 4.74 Å². The molecule has 1 aliphatic heterocycles. The fourth-order valence-corrected chi connectivity index (χ4v) is 2.49. The lowest BCUT2D eigenvalue weighted by Gasteiger charge is -2.38. The molecule has 1 aliphatic rings. The van der Waals surface area contributed by atoms with Gasteiger partial charge in [-0.3, -0.25) is 0 Å². The van der Waals surface area contributed by atoms with Crippen LogP contribution in [0.3, 0.4) is 0 Å². The van der Waals surface area contributed by atoms with Crippen LogP contribution in [-0.2, 0) is 6.42 Å². The third-order valence-electron chi connectivity index (χ3n) is 3.68. The number of hydrogen-bond acceptors (Lipinski definition) is 3. The first kappa shape index (κ1) is 12.4. The molecule has 1 N–H and O–H groups in total. The summed E-state index contributed by atoms with van der Waals surface area (Å²) in [6, 6.07) is 9.53. The summed E-state index contributed by atoms with van der Waals surface area (Å²) in [4.78, 5) is 2.45. The van der Waals surface area contributed by atoms with E-state index in [1.807, 2.05) is 12.1 Å². The lowest BCUT2D eigenvalue weighted by Crippen LogP contribution is -2.55. The summed E-state index contributed by atoms with van der Waals surface area (Å²) in [6.45, 7) is 4.49. The van der Waals surface area contributed by atoms with Gasteiger partial charge in [-0.05, 0) is 38.1 Å². The van der Waals surface area contributed by atoms with E-state index in [1.54, 1.807) is 7.11 Å². The molecule has 2 rings (SSSR count). The van der Waals surface area contributed by atoms with E-state index in [4.69, 9.17) is 4.74 Å². The molecule has 3 heteroatoms. The Balaban J connectivity index is 2.03. The van der Waals surface area contributed by atoms with Crippen molar-refractivity contribution in [3.05, 3.63) is 29.8 Å². The van der Waals surface area contributed by atoms with Gasteiger partial charge in [0.25, 0.3) is 0 Å². The Morgan fingerprint density at radius 3 is 2.65 bits per heavy atom. The first-order valence-electron chi connectivity index (χ1n) is 6.27. The minimum absolute atomic E-state index is 0.552. The Kier molecular flexibility index (Phi) is 4.02. The number of ether oxygens (including phenoxy) is 1. The van der Waals surface area contributed by atoms with Crippen LogP contribution in [0.1, 0.15) is 12.5 Å². The second-order valence-corrected chi connectivity index (χ2v) is 4.84. The third kappa shape index (κ3) is 2.99. The number of benzene rings is 1. The lowest BCUT2D eigenvalue weighted by molar-refractivity contribution is 0.157. The van der Waals surface area contributed by atoms with Gasteiger partial charge in [0.2, 0.25) is 0 Å². The van der Waals surface area contributed by atoms with E-state index in [9.17, 15) is 0 Å². The van der Waals surface area contributed by atoms with Crippen LogP contribution in [0.4, 0.5) is 0 Å². The van der Waals surface area contributed by atoms with Gasteiger partial charge in [-0.2, -0.15) is 0 Å². The summed E-state index contributed by atoms with van der Waals surface area (Å²) in [7, 11) is 3.92. The van der Waals surface area contributed by atoms with Gasteiger partial charge in [-0.15, -0.1) is 0 Å². The molecule has 0 bridgehead atoms. The second kappa shape index (κ2) is 5.52. The molecular weight excluding hydrogens is 212 g/mol. The number of nitrogens with one attached hydrogen (secondary N) is 1. The summed E-state index contributed by atoms with van der Waals surface area (Å²) in [5.74, 6) is 0.928. The molecule has 0 aliphatic carbocycles. The van der Waals surface area contributed by atoms with E-state index in [0.29, 0.717) is 12.1 Å². The highest BCUT2D eigenvalue weighted by Crippen LogP contribution is 2.17. The average molecular weight is 234 g/mol. The molecule has 0 aromatic heterocycles. The molecule has 1 fully saturated rings. The second-order valence-electron chi connectivity index (χ2n) is 4.84. The van der Waals surface area contributed by atoms with Crippen LogP contribution in [0.2, 0.25) is 0 Å². The van der Waals surface area contributed by atoms with E-state index >= 15 is 0 Å². The van der Waals surface area contributed by atoms with Crippen molar-refractivity contribution in [2.45, 2.75) is 25.4 Å². The molecule has 17 heavy (non-hydrogen) atoms. The zero-order valence-electron chi connectivity index (χ0n) is 10.9. The van der Waals surface area contributed by atoms with Crippen LogP contribution in [0.5, 0.6) is 5.75 Å². The zero-order valence-corrected chi connectivity index (χ0v) is 10.9. The van der Waals surface area contributed by atoms with Crippen LogP contribution in [0.15, 0.2) is 24.3 Å². The highest BCUT2D eigenvalue weighted by molar-refractivity contribution is 5.27. The predicted molar refractivity (Wildman–Crippen MR) is 70.6 cm³/mol. The first-order chi connectivity index (χ1) is 8.20. The van der Waals surface area contributed by atoms with E-state index in [2.05, 4.69) is 36.3 Å². The fraction of sp³-hybridized carbons (Fsp3) is 0.571. The Labute approximate surface area is 104 Å². The molecule has 1 aromatic carbocycles. The number of hydrogen-bond donors (Lipinski definition) is 1. The number of rotatable bonds is 3. The van der Waals surface area contributed by atoms with Crippen LogP contribution in [-0.4, -0.2) is 44.2 Å². The van der Waals surface area contributed by atoms with E-state index in [0.717, 1.165) is 25.3 Å². The van der Waals surface area contributed by atoms with Crippen molar-refractivity contribution in [1.29, 1.82) is 0 Å². The molecule has 1 saturated heterocycles. The Morgan fingerprint density at radius 2 is 2.06 bits per heavy atom. The van der Waals surface area contributed by atoms with E-state index < -0.39 is 0 Å². The van der Waals surface area contributed by atoms with Gasteiger partial charge < -0.3 is 15.0 Å². The maximum atomic E-state index is 5.18. The fourth-order valence-electron chi connectivity index (χ4n) is 2.49. The molecular formula is C14H22N2O. The summed E-state index contributed by atoms with van der Waals surface area (Å²) in [6.07, 6.45) is 1.09. The van der Waals surface area contributed by atoms with Gasteiger partial charge >= 0.3 is 0 Å². The largest absolute Gasteiger partial charge is 0.497 e. The minimum Gasteiger partial charge on any atom is -0.497 e. The zero-order chi connectivity index (χ0) is 12.3. The monoisotopic (exact) mass is 234 g/mol. The highest BCUT2D eigenvalue weighted by atomic mass is 16.5. The smallest absolute Gasteiger partial charge is 0.118 e. The SMILES string of the molecule is COc1ccc(CC2C(C)NCCN2C)cc1. The van der Waals surface area contributed by atoms with Gasteiger partial charge in [0.15, 0.2) is 0 Å². The molecule has 1 heterocycles. The van der Waals surface area contributed by atoms with Crippen molar-refractivity contribution in [3.63, 3.8) is 0 Å². The van der Waals surface area contributed by atoms with Crippen molar-refractivity contribution in [3.8, 4) is 5.75 Å². The molecule has 3 nitrogen and oxygen atoms in total. The van der Waals surface area contributed by atoms with Crippen LogP contribution in [0.25, 0.3) is 0 Å². The number of likely N-dealkylation sites (N-methyl/N-ethyl adjacent to an activating group) is 1. The maximum Gasteiger partial charge on any atom is 0.118 e. The van der Waals surface area contributed by atoms with E-state index in [-0.39, 0.29) is 0 Å². The molecule has 0 radical (unpaired) electrons. The lowest BCUT2D eigenvalue weighted by atomic mass is 9.97. The van der Waals surface area contributed by atoms with Crippen molar-refractivity contribution in [1.82, 2.24) is 10.2 Å². The highest BCUT2D eigenvalue weighted by Gasteiger charge is 2.25. The normalized spacial score (nSPS) is 25.8. The summed E-state index contributed by atoms with van der Waals surface area (Å²) in [5.41, 5.74) is 1.37. The van der Waals surface area contributed by atoms with Crippen molar-refractivity contribution in [2.75, 3.05) is 27.2 Å². The summed E-state index contributed by atoms with van der Waals surface area (Å²) in [5, 5.41) is 3.54. The minimum atomic E-state index is 0.552. The third-order valence-corrected chi connectivity index (χ3v) is 3.68. The van der Waals surface area contributed by atoms with E-state index in [1.165, 1.54) is 5.56 Å². The standard InChI is InChI=1S/C14H22N2O/c1-11-14(16(2)9-8-15-11)10-12-4-6-13(17-3)7-5-12/h4-7,11,14-15H,8-10H2,1-3H3. The predicted octanol–water partition coefficient (Wildman–Crippen LogP) is 1.53.